The van der Waals surface area contributed by atoms with Crippen LogP contribution in [0.15, 0.2) is 54.6 Å². The summed E-state index contributed by atoms with van der Waals surface area (Å²) >= 11 is 0. The number of carbonyl (C=O) groups is 3. The molecule has 152 valence electrons. The van der Waals surface area contributed by atoms with Crippen LogP contribution in [0.5, 0.6) is 0 Å². The molecule has 2 aromatic rings. The molecule has 0 saturated carbocycles. The average Bonchev–Trinajstić information content (AvgIpc) is 2.68. The lowest BCUT2D eigenvalue weighted by atomic mass is 10.1. The Hall–Kier alpha value is -3.75. The number of amides is 2. The van der Waals surface area contributed by atoms with E-state index in [0.29, 0.717) is 5.56 Å². The number of benzene rings is 2. The Kier molecular flexibility index (Phi) is 7.41. The van der Waals surface area contributed by atoms with Crippen LogP contribution in [0.2, 0.25) is 0 Å². The molecule has 3 N–H and O–H groups in total. The van der Waals surface area contributed by atoms with Gasteiger partial charge in [-0.05, 0) is 18.1 Å². The monoisotopic (exact) mass is 399 g/mol. The first-order chi connectivity index (χ1) is 13.8. The predicted molar refractivity (Wildman–Crippen MR) is 104 cm³/mol. The minimum absolute atomic E-state index is 0.107. The molecule has 0 saturated heterocycles. The lowest BCUT2D eigenvalue weighted by Gasteiger charge is -2.19. The van der Waals surface area contributed by atoms with Gasteiger partial charge in [0.05, 0.1) is 11.3 Å². The second-order valence-corrected chi connectivity index (χ2v) is 6.48. The van der Waals surface area contributed by atoms with Crippen molar-refractivity contribution in [3.63, 3.8) is 0 Å². The molecule has 9 heteroatoms. The lowest BCUT2D eigenvalue weighted by molar-refractivity contribution is -0.384. The van der Waals surface area contributed by atoms with E-state index in [1.165, 1.54) is 25.1 Å². The third-order valence-electron chi connectivity index (χ3n) is 4.15. The van der Waals surface area contributed by atoms with Crippen LogP contribution in [0, 0.1) is 10.1 Å². The van der Waals surface area contributed by atoms with E-state index >= 15 is 0 Å². The van der Waals surface area contributed by atoms with Gasteiger partial charge in [0, 0.05) is 18.6 Å². The predicted octanol–water partition coefficient (Wildman–Crippen LogP) is 1.45. The fourth-order valence-corrected chi connectivity index (χ4v) is 2.67. The summed E-state index contributed by atoms with van der Waals surface area (Å²) in [6, 6.07) is 12.4. The lowest BCUT2D eigenvalue weighted by Crippen LogP contribution is -2.51. The van der Waals surface area contributed by atoms with E-state index in [-0.39, 0.29) is 18.5 Å². The molecule has 0 heterocycles. The van der Waals surface area contributed by atoms with Gasteiger partial charge in [-0.1, -0.05) is 42.5 Å². The summed E-state index contributed by atoms with van der Waals surface area (Å²) in [7, 11) is 0. The van der Waals surface area contributed by atoms with E-state index in [1.54, 1.807) is 36.4 Å². The number of nitro benzene ring substituents is 1. The summed E-state index contributed by atoms with van der Waals surface area (Å²) in [5.41, 5.74) is 1.05. The first kappa shape index (κ1) is 21.5. The van der Waals surface area contributed by atoms with Crippen molar-refractivity contribution < 1.29 is 24.4 Å². The zero-order chi connectivity index (χ0) is 21.4. The summed E-state index contributed by atoms with van der Waals surface area (Å²) in [5.74, 6) is -2.33. The van der Waals surface area contributed by atoms with Crippen molar-refractivity contribution in [3.05, 3.63) is 75.8 Å². The average molecular weight is 399 g/mol. The zero-order valence-electron chi connectivity index (χ0n) is 15.7. The number of hydrogen-bond acceptors (Lipinski definition) is 5. The Morgan fingerprint density at radius 2 is 1.69 bits per heavy atom. The van der Waals surface area contributed by atoms with Gasteiger partial charge < -0.3 is 15.7 Å². The number of nitrogens with zero attached hydrogens (tertiary/aromatic N) is 1. The van der Waals surface area contributed by atoms with Crippen LogP contribution in [0.4, 0.5) is 5.69 Å². The van der Waals surface area contributed by atoms with Gasteiger partial charge in [0.25, 0.3) is 5.69 Å². The summed E-state index contributed by atoms with van der Waals surface area (Å²) in [6.07, 6.45) is -0.0397. The van der Waals surface area contributed by atoms with Crippen LogP contribution in [-0.4, -0.2) is 39.9 Å². The van der Waals surface area contributed by atoms with Gasteiger partial charge in [-0.15, -0.1) is 0 Å². The number of rotatable bonds is 9. The van der Waals surface area contributed by atoms with Gasteiger partial charge in [0.2, 0.25) is 11.8 Å². The fourth-order valence-electron chi connectivity index (χ4n) is 2.67. The second kappa shape index (κ2) is 9.98. The van der Waals surface area contributed by atoms with Crippen molar-refractivity contribution >= 4 is 23.5 Å². The van der Waals surface area contributed by atoms with E-state index in [2.05, 4.69) is 10.6 Å². The molecule has 0 aliphatic carbocycles. The first-order valence-electron chi connectivity index (χ1n) is 8.86. The summed E-state index contributed by atoms with van der Waals surface area (Å²) in [5, 5.41) is 25.0. The molecule has 9 nitrogen and oxygen atoms in total. The molecule has 0 aliphatic rings. The molecule has 0 aliphatic heterocycles. The molecule has 0 fully saturated rings. The van der Waals surface area contributed by atoms with Crippen LogP contribution in [0.25, 0.3) is 0 Å². The molecule has 2 atom stereocenters. The van der Waals surface area contributed by atoms with Crippen molar-refractivity contribution in [1.29, 1.82) is 0 Å². The highest BCUT2D eigenvalue weighted by atomic mass is 16.6. The second-order valence-electron chi connectivity index (χ2n) is 6.48. The van der Waals surface area contributed by atoms with E-state index in [4.69, 9.17) is 0 Å². The van der Waals surface area contributed by atoms with Crippen LogP contribution < -0.4 is 10.6 Å². The summed E-state index contributed by atoms with van der Waals surface area (Å²) in [6.45, 7) is 1.43. The molecular formula is C20H21N3O6. The van der Waals surface area contributed by atoms with Crippen molar-refractivity contribution in [2.45, 2.75) is 31.8 Å². The largest absolute Gasteiger partial charge is 0.480 e. The Balaban J connectivity index is 1.92. The highest BCUT2D eigenvalue weighted by molar-refractivity contribution is 5.90. The normalized spacial score (nSPS) is 12.4. The number of nitro groups is 1. The zero-order valence-corrected chi connectivity index (χ0v) is 15.7. The Morgan fingerprint density at radius 1 is 1.03 bits per heavy atom. The van der Waals surface area contributed by atoms with E-state index in [0.717, 1.165) is 5.56 Å². The third-order valence-corrected chi connectivity index (χ3v) is 4.15. The van der Waals surface area contributed by atoms with Crippen LogP contribution >= 0.6 is 0 Å². The number of aliphatic carboxylic acids is 1. The maximum Gasteiger partial charge on any atom is 0.326 e. The Labute approximate surface area is 166 Å². The maximum absolute atomic E-state index is 12.3. The third kappa shape index (κ3) is 6.73. The highest BCUT2D eigenvalue weighted by Gasteiger charge is 2.24. The van der Waals surface area contributed by atoms with Gasteiger partial charge in [0.15, 0.2) is 0 Å². The molecule has 29 heavy (non-hydrogen) atoms. The van der Waals surface area contributed by atoms with Gasteiger partial charge in [-0.3, -0.25) is 19.7 Å². The van der Waals surface area contributed by atoms with Crippen molar-refractivity contribution in [2.75, 3.05) is 0 Å². The number of nitrogens with one attached hydrogen (secondary N) is 2. The van der Waals surface area contributed by atoms with Crippen molar-refractivity contribution in [3.8, 4) is 0 Å². The number of carboxylic acids is 1. The van der Waals surface area contributed by atoms with Gasteiger partial charge in [-0.2, -0.15) is 0 Å². The van der Waals surface area contributed by atoms with Crippen LogP contribution in [0.1, 0.15) is 18.1 Å². The topological polar surface area (TPSA) is 139 Å². The van der Waals surface area contributed by atoms with Crippen LogP contribution in [0.3, 0.4) is 0 Å². The molecule has 0 bridgehead atoms. The number of carboxylic acid groups (broad SMARTS) is 1. The van der Waals surface area contributed by atoms with Crippen LogP contribution in [-0.2, 0) is 27.2 Å². The standard InChI is InChI=1S/C20H21N3O6/c1-13(21-18(24)12-15-8-5-9-16(10-15)23(28)29)19(25)22-17(20(26)27)11-14-6-3-2-4-7-14/h2-10,13,17H,11-12H2,1H3,(H,21,24)(H,22,25)(H,26,27)/t13-,17-/m0/s1. The minimum Gasteiger partial charge on any atom is -0.480 e. The molecule has 2 rings (SSSR count). The number of hydrogen-bond donors (Lipinski definition) is 3. The molecule has 2 aromatic carbocycles. The van der Waals surface area contributed by atoms with Crippen molar-refractivity contribution in [2.24, 2.45) is 0 Å². The number of non-ortho nitro benzene ring substituents is 1. The molecule has 0 spiro atoms. The molecule has 0 aromatic heterocycles. The van der Waals surface area contributed by atoms with Gasteiger partial charge >= 0.3 is 5.97 Å². The summed E-state index contributed by atoms with van der Waals surface area (Å²) in [4.78, 5) is 46.1. The number of carbonyl (C=O) groups excluding carboxylic acids is 2. The summed E-state index contributed by atoms with van der Waals surface area (Å²) < 4.78 is 0. The van der Waals surface area contributed by atoms with E-state index in [9.17, 15) is 29.6 Å². The quantitative estimate of drug-likeness (QED) is 0.431. The SMILES string of the molecule is C[C@H](NC(=O)Cc1cccc([N+](=O)[O-])c1)C(=O)N[C@@H](Cc1ccccc1)C(=O)O. The maximum atomic E-state index is 12.3. The first-order valence-corrected chi connectivity index (χ1v) is 8.86. The Bertz CT molecular complexity index is 900. The fraction of sp³-hybridized carbons (Fsp3) is 0.250. The smallest absolute Gasteiger partial charge is 0.326 e. The Morgan fingerprint density at radius 3 is 2.31 bits per heavy atom. The van der Waals surface area contributed by atoms with Gasteiger partial charge in [0.1, 0.15) is 12.1 Å². The minimum atomic E-state index is -1.18. The molecule has 0 unspecified atom stereocenters. The molecular weight excluding hydrogens is 378 g/mol. The van der Waals surface area contributed by atoms with Crippen molar-refractivity contribution in [1.82, 2.24) is 10.6 Å². The van der Waals surface area contributed by atoms with E-state index in [1.807, 2.05) is 0 Å². The molecule has 2 amide bonds. The highest BCUT2D eigenvalue weighted by Crippen LogP contribution is 2.13. The van der Waals surface area contributed by atoms with Gasteiger partial charge in [-0.25, -0.2) is 4.79 Å². The molecule has 0 radical (unpaired) electrons. The van der Waals surface area contributed by atoms with E-state index < -0.39 is 34.8 Å².